The maximum Gasteiger partial charge on any atom is 0.340 e. The Bertz CT molecular complexity index is 1450. The highest BCUT2D eigenvalue weighted by Gasteiger charge is 2.55. The number of ether oxygens (including phenoxy) is 3. The van der Waals surface area contributed by atoms with Crippen LogP contribution in [0.3, 0.4) is 0 Å². The van der Waals surface area contributed by atoms with E-state index in [0.717, 1.165) is 77.0 Å². The molecule has 0 spiro atoms. The zero-order valence-electron chi connectivity index (χ0n) is 59.9. The van der Waals surface area contributed by atoms with Gasteiger partial charge in [0.05, 0.1) is 26.2 Å². The SMILES string of the molecule is CCCCCCCCCCCCCCCCCCCCOC(=O)CC(O)(C(=O)OCCCCCCCCCCCCCCCCCCCC)C(C(=O)CCCCCCCCCCCCC)C(=O)OCCCCCCCCCCCCCCCCCCCC. The number of unbranched alkanes of at least 4 members (excludes halogenated alkanes) is 61. The lowest BCUT2D eigenvalue weighted by Crippen LogP contribution is -2.55. The van der Waals surface area contributed by atoms with E-state index in [1.165, 1.54) is 315 Å². The van der Waals surface area contributed by atoms with Gasteiger partial charge in [-0.25, -0.2) is 4.79 Å². The number of ketones is 1. The predicted molar refractivity (Wildman–Crippen MR) is 378 cm³/mol. The molecule has 522 valence electrons. The fraction of sp³-hybridized carbons (Fsp3) is 0.950. The Morgan fingerprint density at radius 3 is 0.693 bits per heavy atom. The van der Waals surface area contributed by atoms with Gasteiger partial charge in [0.25, 0.3) is 0 Å². The van der Waals surface area contributed by atoms with Crippen LogP contribution in [0.2, 0.25) is 0 Å². The summed E-state index contributed by atoms with van der Waals surface area (Å²) in [6.07, 6.45) is 79.1. The second-order valence-corrected chi connectivity index (χ2v) is 27.8. The van der Waals surface area contributed by atoms with Gasteiger partial charge in [0, 0.05) is 6.42 Å². The van der Waals surface area contributed by atoms with Crippen molar-refractivity contribution in [3.8, 4) is 0 Å². The standard InChI is InChI=1S/C80H154O8/c1-5-9-13-17-21-25-29-32-35-38-41-44-47-51-55-59-63-67-71-86-76(82)74-80(85,79(84)88-73-69-65-61-57-53-49-46-43-40-37-34-31-27-23-19-15-11-7-3)77(75(81)70-66-62-58-54-50-28-24-20-16-12-8-4)78(83)87-72-68-64-60-56-52-48-45-42-39-36-33-30-26-22-18-14-10-6-2/h77,85H,5-74H2,1-4H3. The van der Waals surface area contributed by atoms with Crippen molar-refractivity contribution >= 4 is 23.7 Å². The summed E-state index contributed by atoms with van der Waals surface area (Å²) < 4.78 is 17.2. The predicted octanol–water partition coefficient (Wildman–Crippen LogP) is 25.7. The molecular formula is C80H154O8. The molecule has 0 aliphatic rings. The first kappa shape index (κ1) is 86.0. The Hall–Kier alpha value is -1.96. The maximum atomic E-state index is 14.3. The van der Waals surface area contributed by atoms with Gasteiger partial charge in [0.2, 0.25) is 0 Å². The molecule has 88 heavy (non-hydrogen) atoms. The molecule has 0 bridgehead atoms. The average Bonchev–Trinajstić information content (AvgIpc) is 2.89. The first-order valence-electron chi connectivity index (χ1n) is 40.0. The van der Waals surface area contributed by atoms with Crippen LogP contribution in [0.4, 0.5) is 0 Å². The first-order chi connectivity index (χ1) is 43.3. The number of carbonyl (C=O) groups excluding carboxylic acids is 4. The summed E-state index contributed by atoms with van der Waals surface area (Å²) in [4.78, 5) is 56.5. The second kappa shape index (κ2) is 70.9. The van der Waals surface area contributed by atoms with Gasteiger partial charge in [0.15, 0.2) is 17.3 Å². The van der Waals surface area contributed by atoms with Crippen molar-refractivity contribution in [3.63, 3.8) is 0 Å². The first-order valence-corrected chi connectivity index (χ1v) is 40.0. The molecule has 0 saturated carbocycles. The zero-order valence-corrected chi connectivity index (χ0v) is 59.9. The maximum absolute atomic E-state index is 14.3. The smallest absolute Gasteiger partial charge is 0.340 e. The van der Waals surface area contributed by atoms with Crippen LogP contribution in [0.1, 0.15) is 458 Å². The van der Waals surface area contributed by atoms with E-state index >= 15 is 0 Å². The average molecular weight is 1240 g/mol. The van der Waals surface area contributed by atoms with Gasteiger partial charge < -0.3 is 19.3 Å². The fourth-order valence-electron chi connectivity index (χ4n) is 13.0. The van der Waals surface area contributed by atoms with Crippen LogP contribution in [0.25, 0.3) is 0 Å². The third-order valence-corrected chi connectivity index (χ3v) is 19.1. The van der Waals surface area contributed by atoms with Gasteiger partial charge >= 0.3 is 17.9 Å². The number of Topliss-reactive ketones (excluding diaryl/α,β-unsaturated/α-hetero) is 1. The number of aliphatic hydroxyl groups is 1. The molecule has 0 aromatic rings. The van der Waals surface area contributed by atoms with E-state index in [4.69, 9.17) is 14.2 Å². The number of rotatable bonds is 75. The quantitative estimate of drug-likeness (QED) is 0.0277. The normalized spacial score (nSPS) is 12.6. The summed E-state index contributed by atoms with van der Waals surface area (Å²) in [5.74, 6) is -5.28. The van der Waals surface area contributed by atoms with Crippen LogP contribution in [-0.4, -0.2) is 54.2 Å². The number of esters is 3. The number of carbonyl (C=O) groups is 4. The van der Waals surface area contributed by atoms with Gasteiger partial charge in [-0.15, -0.1) is 0 Å². The van der Waals surface area contributed by atoms with Crippen molar-refractivity contribution in [2.75, 3.05) is 19.8 Å². The minimum Gasteiger partial charge on any atom is -0.466 e. The molecule has 0 heterocycles. The van der Waals surface area contributed by atoms with E-state index in [0.29, 0.717) is 25.7 Å². The molecule has 0 aliphatic carbocycles. The molecular weight excluding hydrogens is 1090 g/mol. The van der Waals surface area contributed by atoms with E-state index in [9.17, 15) is 24.3 Å². The lowest BCUT2D eigenvalue weighted by molar-refractivity contribution is -0.188. The summed E-state index contributed by atoms with van der Waals surface area (Å²) in [7, 11) is 0. The Labute approximate surface area is 548 Å². The van der Waals surface area contributed by atoms with E-state index in [2.05, 4.69) is 27.7 Å². The van der Waals surface area contributed by atoms with Gasteiger partial charge in [0.1, 0.15) is 0 Å². The molecule has 0 aromatic carbocycles. The Morgan fingerprint density at radius 2 is 0.455 bits per heavy atom. The van der Waals surface area contributed by atoms with Crippen LogP contribution in [0.15, 0.2) is 0 Å². The van der Waals surface area contributed by atoms with Crippen LogP contribution < -0.4 is 0 Å². The zero-order chi connectivity index (χ0) is 64.0. The molecule has 8 nitrogen and oxygen atoms in total. The van der Waals surface area contributed by atoms with E-state index in [1.807, 2.05) is 0 Å². The highest BCUT2D eigenvalue weighted by atomic mass is 16.6. The van der Waals surface area contributed by atoms with Crippen molar-refractivity contribution in [3.05, 3.63) is 0 Å². The largest absolute Gasteiger partial charge is 0.466 e. The van der Waals surface area contributed by atoms with Crippen molar-refractivity contribution in [1.29, 1.82) is 0 Å². The number of hydrogen-bond donors (Lipinski definition) is 1. The lowest BCUT2D eigenvalue weighted by Gasteiger charge is -2.31. The van der Waals surface area contributed by atoms with Crippen molar-refractivity contribution in [1.82, 2.24) is 0 Å². The highest BCUT2D eigenvalue weighted by Crippen LogP contribution is 2.30. The van der Waals surface area contributed by atoms with Crippen LogP contribution in [0, 0.1) is 5.92 Å². The monoisotopic (exact) mass is 1240 g/mol. The second-order valence-electron chi connectivity index (χ2n) is 27.8. The summed E-state index contributed by atoms with van der Waals surface area (Å²) in [5.41, 5.74) is -2.72. The Balaban J connectivity index is 5.40. The Kier molecular flexibility index (Phi) is 69.3. The lowest BCUT2D eigenvalue weighted by atomic mass is 9.80. The summed E-state index contributed by atoms with van der Waals surface area (Å²) in [6.45, 7) is 9.37. The summed E-state index contributed by atoms with van der Waals surface area (Å²) in [5, 5.41) is 12.5. The molecule has 0 fully saturated rings. The van der Waals surface area contributed by atoms with E-state index in [-0.39, 0.29) is 26.2 Å². The van der Waals surface area contributed by atoms with Gasteiger partial charge in [-0.1, -0.05) is 419 Å². The third-order valence-electron chi connectivity index (χ3n) is 19.1. The summed E-state index contributed by atoms with van der Waals surface area (Å²) in [6, 6.07) is 0. The molecule has 0 aliphatic heterocycles. The number of hydrogen-bond acceptors (Lipinski definition) is 8. The van der Waals surface area contributed by atoms with Crippen LogP contribution >= 0.6 is 0 Å². The minimum atomic E-state index is -2.72. The molecule has 0 rings (SSSR count). The van der Waals surface area contributed by atoms with E-state index < -0.39 is 41.6 Å². The summed E-state index contributed by atoms with van der Waals surface area (Å²) >= 11 is 0. The molecule has 0 aromatic heterocycles. The van der Waals surface area contributed by atoms with Crippen LogP contribution in [-0.2, 0) is 33.4 Å². The van der Waals surface area contributed by atoms with Crippen molar-refractivity contribution < 1.29 is 38.5 Å². The molecule has 8 heteroatoms. The molecule has 2 atom stereocenters. The van der Waals surface area contributed by atoms with Gasteiger partial charge in [-0.3, -0.25) is 14.4 Å². The Morgan fingerprint density at radius 1 is 0.261 bits per heavy atom. The van der Waals surface area contributed by atoms with Crippen LogP contribution in [0.5, 0.6) is 0 Å². The van der Waals surface area contributed by atoms with Crippen molar-refractivity contribution in [2.45, 2.75) is 463 Å². The molecule has 0 saturated heterocycles. The fourth-order valence-corrected chi connectivity index (χ4v) is 13.0. The molecule has 0 radical (unpaired) electrons. The minimum absolute atomic E-state index is 0.0131. The molecule has 0 amide bonds. The van der Waals surface area contributed by atoms with Gasteiger partial charge in [-0.2, -0.15) is 0 Å². The molecule has 1 N–H and O–H groups in total. The topological polar surface area (TPSA) is 116 Å². The van der Waals surface area contributed by atoms with Gasteiger partial charge in [-0.05, 0) is 25.7 Å². The molecule has 2 unspecified atom stereocenters. The van der Waals surface area contributed by atoms with E-state index in [1.54, 1.807) is 0 Å². The highest BCUT2D eigenvalue weighted by molar-refractivity contribution is 6.06. The third kappa shape index (κ3) is 59.1. The van der Waals surface area contributed by atoms with Crippen molar-refractivity contribution in [2.24, 2.45) is 5.92 Å².